The largest absolute Gasteiger partial charge is 0.457 e. The van der Waals surface area contributed by atoms with Crippen molar-refractivity contribution in [3.8, 4) is 28.8 Å². The summed E-state index contributed by atoms with van der Waals surface area (Å²) in [5.41, 5.74) is 2.45. The quantitative estimate of drug-likeness (QED) is 0.693. The first-order chi connectivity index (χ1) is 13.1. The van der Waals surface area contributed by atoms with E-state index in [9.17, 15) is 9.50 Å². The highest BCUT2D eigenvalue weighted by atomic mass is 19.1. The third-order valence-corrected chi connectivity index (χ3v) is 4.02. The van der Waals surface area contributed by atoms with Crippen LogP contribution in [0.25, 0.3) is 11.3 Å². The summed E-state index contributed by atoms with van der Waals surface area (Å²) in [6, 6.07) is 19.0. The van der Waals surface area contributed by atoms with Crippen LogP contribution in [0.3, 0.4) is 0 Å². The number of aliphatic hydroxyl groups is 2. The molecule has 5 nitrogen and oxygen atoms in total. The van der Waals surface area contributed by atoms with Crippen molar-refractivity contribution in [3.05, 3.63) is 77.5 Å². The maximum absolute atomic E-state index is 12.8. The molecule has 0 saturated heterocycles. The Balaban J connectivity index is 1.79. The van der Waals surface area contributed by atoms with E-state index in [0.29, 0.717) is 28.5 Å². The van der Waals surface area contributed by atoms with Gasteiger partial charge in [0.05, 0.1) is 29.6 Å². The number of hydrogen-bond acceptors (Lipinski definition) is 5. The van der Waals surface area contributed by atoms with Gasteiger partial charge >= 0.3 is 0 Å². The fourth-order valence-corrected chi connectivity index (χ4v) is 2.56. The second-order valence-corrected chi connectivity index (χ2v) is 5.84. The molecule has 0 spiro atoms. The molecule has 0 aliphatic heterocycles. The number of ether oxygens (including phenoxy) is 1. The molecular weight excluding hydrogens is 347 g/mol. The van der Waals surface area contributed by atoms with Crippen molar-refractivity contribution < 1.29 is 19.3 Å². The van der Waals surface area contributed by atoms with Crippen molar-refractivity contribution in [2.45, 2.75) is 12.8 Å². The SMILES string of the molecule is N#Cc1cc(Oc2ccc(-c3cccc(C(O)CO)n3)cc2)ccc1CF. The third kappa shape index (κ3) is 4.29. The lowest BCUT2D eigenvalue weighted by Crippen LogP contribution is -2.05. The molecule has 6 heteroatoms. The molecule has 0 fully saturated rings. The normalized spacial score (nSPS) is 11.6. The molecule has 2 aromatic carbocycles. The van der Waals surface area contributed by atoms with Crippen LogP contribution in [0, 0.1) is 11.3 Å². The Bertz CT molecular complexity index is 968. The third-order valence-electron chi connectivity index (χ3n) is 4.02. The molecule has 1 unspecified atom stereocenters. The minimum absolute atomic E-state index is 0.245. The predicted octanol–water partition coefficient (Wildman–Crippen LogP) is 3.91. The molecule has 0 aliphatic rings. The fraction of sp³-hybridized carbons (Fsp3) is 0.143. The summed E-state index contributed by atoms with van der Waals surface area (Å²) < 4.78 is 18.5. The molecular formula is C21H17FN2O3. The van der Waals surface area contributed by atoms with Crippen molar-refractivity contribution in [2.75, 3.05) is 6.61 Å². The molecule has 2 N–H and O–H groups in total. The van der Waals surface area contributed by atoms with Gasteiger partial charge in [-0.2, -0.15) is 5.26 Å². The smallest absolute Gasteiger partial charge is 0.128 e. The van der Waals surface area contributed by atoms with Crippen LogP contribution in [0.5, 0.6) is 11.5 Å². The molecule has 3 rings (SSSR count). The van der Waals surface area contributed by atoms with Crippen LogP contribution in [0.1, 0.15) is 22.9 Å². The van der Waals surface area contributed by atoms with Crippen molar-refractivity contribution >= 4 is 0 Å². The van der Waals surface area contributed by atoms with Gasteiger partial charge in [-0.1, -0.05) is 12.1 Å². The zero-order valence-electron chi connectivity index (χ0n) is 14.3. The molecule has 27 heavy (non-hydrogen) atoms. The van der Waals surface area contributed by atoms with E-state index < -0.39 is 19.4 Å². The molecule has 0 radical (unpaired) electrons. The summed E-state index contributed by atoms with van der Waals surface area (Å²) in [5.74, 6) is 1.00. The van der Waals surface area contributed by atoms with E-state index in [4.69, 9.17) is 15.1 Å². The van der Waals surface area contributed by atoms with E-state index in [1.54, 1.807) is 36.4 Å². The zero-order chi connectivity index (χ0) is 19.2. The topological polar surface area (TPSA) is 86.4 Å². The monoisotopic (exact) mass is 364 g/mol. The molecule has 1 aromatic heterocycles. The fourth-order valence-electron chi connectivity index (χ4n) is 2.56. The predicted molar refractivity (Wildman–Crippen MR) is 97.8 cm³/mol. The van der Waals surface area contributed by atoms with Crippen LogP contribution >= 0.6 is 0 Å². The Hall–Kier alpha value is -3.27. The first-order valence-electron chi connectivity index (χ1n) is 8.27. The van der Waals surface area contributed by atoms with E-state index >= 15 is 0 Å². The Morgan fingerprint density at radius 1 is 1.07 bits per heavy atom. The number of aromatic nitrogens is 1. The van der Waals surface area contributed by atoms with Crippen LogP contribution in [0.4, 0.5) is 4.39 Å². The van der Waals surface area contributed by atoms with Gasteiger partial charge in [0.1, 0.15) is 24.3 Å². The second-order valence-electron chi connectivity index (χ2n) is 5.84. The van der Waals surface area contributed by atoms with Crippen LogP contribution in [0.15, 0.2) is 60.7 Å². The molecule has 0 saturated carbocycles. The molecule has 136 valence electrons. The van der Waals surface area contributed by atoms with Gasteiger partial charge in [-0.05, 0) is 48.5 Å². The average Bonchev–Trinajstić information content (AvgIpc) is 2.73. The summed E-state index contributed by atoms with van der Waals surface area (Å²) >= 11 is 0. The van der Waals surface area contributed by atoms with Crippen LogP contribution in [-0.2, 0) is 6.67 Å². The summed E-state index contributed by atoms with van der Waals surface area (Å²) in [4.78, 5) is 4.35. The number of halogens is 1. The van der Waals surface area contributed by atoms with Gasteiger partial charge in [0, 0.05) is 11.1 Å². The van der Waals surface area contributed by atoms with Crippen LogP contribution < -0.4 is 4.74 Å². The van der Waals surface area contributed by atoms with Crippen LogP contribution in [-0.4, -0.2) is 21.8 Å². The highest BCUT2D eigenvalue weighted by Gasteiger charge is 2.09. The maximum Gasteiger partial charge on any atom is 0.128 e. The summed E-state index contributed by atoms with van der Waals surface area (Å²) in [7, 11) is 0. The average molecular weight is 364 g/mol. The number of nitriles is 1. The molecule has 3 aromatic rings. The number of aliphatic hydroxyl groups excluding tert-OH is 2. The number of nitrogens with zero attached hydrogens (tertiary/aromatic N) is 2. The van der Waals surface area contributed by atoms with Crippen molar-refractivity contribution in [1.29, 1.82) is 5.26 Å². The summed E-state index contributed by atoms with van der Waals surface area (Å²) in [6.45, 7) is -1.09. The molecule has 1 heterocycles. The van der Waals surface area contributed by atoms with E-state index in [0.717, 1.165) is 5.56 Å². The van der Waals surface area contributed by atoms with E-state index in [1.807, 2.05) is 18.2 Å². The number of hydrogen-bond donors (Lipinski definition) is 2. The van der Waals surface area contributed by atoms with E-state index in [1.165, 1.54) is 12.1 Å². The molecule has 0 amide bonds. The summed E-state index contributed by atoms with van der Waals surface area (Å²) in [6.07, 6.45) is -1.02. The highest BCUT2D eigenvalue weighted by Crippen LogP contribution is 2.27. The van der Waals surface area contributed by atoms with Gasteiger partial charge in [0.2, 0.25) is 0 Å². The van der Waals surface area contributed by atoms with Gasteiger partial charge in [-0.15, -0.1) is 0 Å². The first kappa shape index (κ1) is 18.5. The zero-order valence-corrected chi connectivity index (χ0v) is 14.3. The summed E-state index contributed by atoms with van der Waals surface area (Å²) in [5, 5.41) is 27.8. The van der Waals surface area contributed by atoms with E-state index in [-0.39, 0.29) is 5.56 Å². The molecule has 1 atom stereocenters. The first-order valence-corrected chi connectivity index (χ1v) is 8.27. The van der Waals surface area contributed by atoms with Gasteiger partial charge in [-0.25, -0.2) is 9.37 Å². The minimum atomic E-state index is -1.02. The molecule has 0 bridgehead atoms. The number of benzene rings is 2. The number of rotatable bonds is 6. The Morgan fingerprint density at radius 3 is 2.48 bits per heavy atom. The van der Waals surface area contributed by atoms with Crippen molar-refractivity contribution in [1.82, 2.24) is 4.98 Å². The maximum atomic E-state index is 12.8. The second kappa shape index (κ2) is 8.41. The highest BCUT2D eigenvalue weighted by molar-refractivity contribution is 5.60. The lowest BCUT2D eigenvalue weighted by Gasteiger charge is -2.10. The van der Waals surface area contributed by atoms with Crippen molar-refractivity contribution in [2.24, 2.45) is 0 Å². The van der Waals surface area contributed by atoms with Crippen LogP contribution in [0.2, 0.25) is 0 Å². The lowest BCUT2D eigenvalue weighted by atomic mass is 10.1. The van der Waals surface area contributed by atoms with E-state index in [2.05, 4.69) is 4.98 Å². The minimum Gasteiger partial charge on any atom is -0.457 e. The molecule has 0 aliphatic carbocycles. The number of alkyl halides is 1. The van der Waals surface area contributed by atoms with Gasteiger partial charge < -0.3 is 14.9 Å². The van der Waals surface area contributed by atoms with Crippen molar-refractivity contribution in [3.63, 3.8) is 0 Å². The Morgan fingerprint density at radius 2 is 1.81 bits per heavy atom. The standard InChI is InChI=1S/C21H17FN2O3/c22-11-15-6-9-18(10-16(15)12-23)27-17-7-4-14(5-8-17)19-2-1-3-20(24-19)21(26)13-25/h1-10,21,25-26H,11,13H2. The Labute approximate surface area is 155 Å². The Kier molecular flexibility index (Phi) is 5.77. The number of pyridine rings is 1. The van der Waals surface area contributed by atoms with Gasteiger partial charge in [-0.3, -0.25) is 0 Å². The van der Waals surface area contributed by atoms with Gasteiger partial charge in [0.15, 0.2) is 0 Å². The van der Waals surface area contributed by atoms with Gasteiger partial charge in [0.25, 0.3) is 0 Å². The lowest BCUT2D eigenvalue weighted by molar-refractivity contribution is 0.0923.